The second kappa shape index (κ2) is 7.56. The zero-order chi connectivity index (χ0) is 19.6. The van der Waals surface area contributed by atoms with E-state index in [4.69, 9.17) is 4.74 Å². The van der Waals surface area contributed by atoms with Gasteiger partial charge in [0.25, 0.3) is 5.69 Å². The summed E-state index contributed by atoms with van der Waals surface area (Å²) in [6.07, 6.45) is 1.96. The van der Waals surface area contributed by atoms with E-state index in [9.17, 15) is 24.8 Å². The smallest absolute Gasteiger partial charge is 0.359 e. The SMILES string of the molecule is CCOC(=O)c1nn(-c2ccc([N+](=O)[O-])cc2)c2c1C(CC(=O)O)CCC2. The van der Waals surface area contributed by atoms with Crippen LogP contribution in [0.15, 0.2) is 24.3 Å². The Balaban J connectivity index is 2.11. The molecule has 0 bridgehead atoms. The molecule has 3 rings (SSSR count). The number of hydrogen-bond acceptors (Lipinski definition) is 6. The largest absolute Gasteiger partial charge is 0.481 e. The maximum absolute atomic E-state index is 12.4. The Morgan fingerprint density at radius 2 is 2.07 bits per heavy atom. The molecule has 1 aromatic heterocycles. The van der Waals surface area contributed by atoms with Crippen molar-refractivity contribution in [1.29, 1.82) is 0 Å². The number of nitro groups is 1. The summed E-state index contributed by atoms with van der Waals surface area (Å²) in [5.74, 6) is -1.85. The second-order valence-corrected chi connectivity index (χ2v) is 6.30. The molecular formula is C18H19N3O6. The van der Waals surface area contributed by atoms with Crippen molar-refractivity contribution in [2.45, 2.75) is 38.5 Å². The fourth-order valence-corrected chi connectivity index (χ4v) is 3.49. The molecule has 1 unspecified atom stereocenters. The van der Waals surface area contributed by atoms with Crippen molar-refractivity contribution in [2.24, 2.45) is 0 Å². The Labute approximate surface area is 154 Å². The Kier molecular flexibility index (Phi) is 5.20. The van der Waals surface area contributed by atoms with Crippen LogP contribution in [0.4, 0.5) is 5.69 Å². The number of carbonyl (C=O) groups is 2. The molecule has 0 fully saturated rings. The number of non-ortho nitro benzene ring substituents is 1. The molecule has 1 aliphatic rings. The van der Waals surface area contributed by atoms with E-state index in [0.717, 1.165) is 12.1 Å². The van der Waals surface area contributed by atoms with Gasteiger partial charge in [-0.2, -0.15) is 5.10 Å². The minimum absolute atomic E-state index is 0.0471. The summed E-state index contributed by atoms with van der Waals surface area (Å²) in [7, 11) is 0. The lowest BCUT2D eigenvalue weighted by atomic mass is 9.83. The standard InChI is InChI=1S/C18H19N3O6/c1-2-27-18(24)17-16-11(10-15(22)23)4-3-5-14(16)20(19-17)12-6-8-13(9-7-12)21(25)26/h6-9,11H,2-5,10H2,1H3,(H,22,23). The van der Waals surface area contributed by atoms with E-state index in [-0.39, 0.29) is 30.3 Å². The van der Waals surface area contributed by atoms with Gasteiger partial charge in [0.2, 0.25) is 0 Å². The summed E-state index contributed by atoms with van der Waals surface area (Å²) in [5.41, 5.74) is 2.01. The van der Waals surface area contributed by atoms with Crippen molar-refractivity contribution in [3.8, 4) is 5.69 Å². The van der Waals surface area contributed by atoms with Crippen molar-refractivity contribution < 1.29 is 24.4 Å². The Morgan fingerprint density at radius 1 is 1.37 bits per heavy atom. The highest BCUT2D eigenvalue weighted by Gasteiger charge is 2.33. The number of hydrogen-bond donors (Lipinski definition) is 1. The van der Waals surface area contributed by atoms with E-state index >= 15 is 0 Å². The summed E-state index contributed by atoms with van der Waals surface area (Å²) in [4.78, 5) is 34.0. The van der Waals surface area contributed by atoms with E-state index in [0.29, 0.717) is 24.1 Å². The fraction of sp³-hybridized carbons (Fsp3) is 0.389. The third-order valence-electron chi connectivity index (χ3n) is 4.59. The van der Waals surface area contributed by atoms with Gasteiger partial charge in [0, 0.05) is 23.4 Å². The lowest BCUT2D eigenvalue weighted by molar-refractivity contribution is -0.384. The van der Waals surface area contributed by atoms with E-state index in [1.807, 2.05) is 0 Å². The molecule has 0 amide bonds. The summed E-state index contributed by atoms with van der Waals surface area (Å²) in [6.45, 7) is 1.87. The molecule has 1 N–H and O–H groups in total. The van der Waals surface area contributed by atoms with Crippen LogP contribution in [0.1, 0.15) is 53.8 Å². The minimum Gasteiger partial charge on any atom is -0.481 e. The van der Waals surface area contributed by atoms with Gasteiger partial charge < -0.3 is 9.84 Å². The summed E-state index contributed by atoms with van der Waals surface area (Å²) >= 11 is 0. The zero-order valence-corrected chi connectivity index (χ0v) is 14.8. The van der Waals surface area contributed by atoms with Crippen molar-refractivity contribution in [3.63, 3.8) is 0 Å². The lowest BCUT2D eigenvalue weighted by Gasteiger charge is -2.22. The van der Waals surface area contributed by atoms with Crippen LogP contribution in [0.25, 0.3) is 5.69 Å². The average Bonchev–Trinajstić information content (AvgIpc) is 3.02. The number of esters is 1. The fourth-order valence-electron chi connectivity index (χ4n) is 3.49. The van der Waals surface area contributed by atoms with Crippen molar-refractivity contribution >= 4 is 17.6 Å². The Bertz CT molecular complexity index is 887. The van der Waals surface area contributed by atoms with Crippen molar-refractivity contribution in [2.75, 3.05) is 6.61 Å². The molecule has 1 aliphatic carbocycles. The van der Waals surface area contributed by atoms with Gasteiger partial charge in [0.1, 0.15) is 0 Å². The molecule has 1 heterocycles. The van der Waals surface area contributed by atoms with Crippen LogP contribution in [-0.4, -0.2) is 38.4 Å². The third kappa shape index (κ3) is 3.67. The maximum Gasteiger partial charge on any atom is 0.359 e. The Hall–Kier alpha value is -3.23. The number of aliphatic carboxylic acids is 1. The van der Waals surface area contributed by atoms with Gasteiger partial charge in [-0.3, -0.25) is 14.9 Å². The number of carboxylic acids is 1. The average molecular weight is 373 g/mol. The normalized spacial score (nSPS) is 15.8. The van der Waals surface area contributed by atoms with Crippen molar-refractivity contribution in [1.82, 2.24) is 9.78 Å². The van der Waals surface area contributed by atoms with Crippen LogP contribution < -0.4 is 0 Å². The molecule has 1 aromatic carbocycles. The van der Waals surface area contributed by atoms with E-state index in [1.54, 1.807) is 23.7 Å². The van der Waals surface area contributed by atoms with Crippen LogP contribution in [0.2, 0.25) is 0 Å². The first-order valence-corrected chi connectivity index (χ1v) is 8.67. The molecule has 0 aliphatic heterocycles. The first-order valence-electron chi connectivity index (χ1n) is 8.67. The van der Waals surface area contributed by atoms with E-state index < -0.39 is 16.9 Å². The Morgan fingerprint density at radius 3 is 2.67 bits per heavy atom. The number of rotatable bonds is 6. The number of nitrogens with zero attached hydrogens (tertiary/aromatic N) is 3. The van der Waals surface area contributed by atoms with Crippen LogP contribution in [-0.2, 0) is 16.0 Å². The highest BCUT2D eigenvalue weighted by atomic mass is 16.6. The quantitative estimate of drug-likeness (QED) is 0.469. The van der Waals surface area contributed by atoms with Gasteiger partial charge in [-0.1, -0.05) is 0 Å². The number of benzene rings is 1. The first-order chi connectivity index (χ1) is 12.9. The highest BCUT2D eigenvalue weighted by Crippen LogP contribution is 2.38. The third-order valence-corrected chi connectivity index (χ3v) is 4.59. The molecule has 2 aromatic rings. The number of fused-ring (bicyclic) bond motifs is 1. The summed E-state index contributed by atoms with van der Waals surface area (Å²) in [5, 5.41) is 24.5. The monoisotopic (exact) mass is 373 g/mol. The van der Waals surface area contributed by atoms with Gasteiger partial charge >= 0.3 is 11.9 Å². The molecule has 0 spiro atoms. The topological polar surface area (TPSA) is 125 Å². The first kappa shape index (κ1) is 18.6. The highest BCUT2D eigenvalue weighted by molar-refractivity contribution is 5.90. The number of carbonyl (C=O) groups excluding carboxylic acids is 1. The lowest BCUT2D eigenvalue weighted by Crippen LogP contribution is -2.17. The number of nitro benzene ring substituents is 1. The maximum atomic E-state index is 12.4. The van der Waals surface area contributed by atoms with Gasteiger partial charge in [-0.05, 0) is 44.2 Å². The van der Waals surface area contributed by atoms with Gasteiger partial charge in [0.05, 0.1) is 23.6 Å². The molecule has 0 saturated carbocycles. The van der Waals surface area contributed by atoms with E-state index in [1.165, 1.54) is 12.1 Å². The second-order valence-electron chi connectivity index (χ2n) is 6.30. The summed E-state index contributed by atoms with van der Waals surface area (Å²) < 4.78 is 6.66. The molecule has 9 heteroatoms. The molecule has 0 radical (unpaired) electrons. The van der Waals surface area contributed by atoms with Gasteiger partial charge in [-0.15, -0.1) is 0 Å². The van der Waals surface area contributed by atoms with E-state index in [2.05, 4.69) is 5.10 Å². The van der Waals surface area contributed by atoms with Crippen molar-refractivity contribution in [3.05, 3.63) is 51.3 Å². The molecule has 1 atom stereocenters. The van der Waals surface area contributed by atoms with Crippen LogP contribution in [0.5, 0.6) is 0 Å². The summed E-state index contributed by atoms with van der Waals surface area (Å²) in [6, 6.07) is 5.85. The number of ether oxygens (including phenoxy) is 1. The predicted octanol–water partition coefficient (Wildman–Crippen LogP) is 2.85. The molecule has 27 heavy (non-hydrogen) atoms. The van der Waals surface area contributed by atoms with Gasteiger partial charge in [-0.25, -0.2) is 9.48 Å². The molecule has 0 saturated heterocycles. The van der Waals surface area contributed by atoms with Crippen LogP contribution >= 0.6 is 0 Å². The minimum atomic E-state index is -0.939. The van der Waals surface area contributed by atoms with Gasteiger partial charge in [0.15, 0.2) is 5.69 Å². The number of carboxylic acid groups (broad SMARTS) is 1. The molecule has 142 valence electrons. The van der Waals surface area contributed by atoms with Crippen LogP contribution in [0, 0.1) is 10.1 Å². The zero-order valence-electron chi connectivity index (χ0n) is 14.8. The predicted molar refractivity (Wildman–Crippen MR) is 94.1 cm³/mol. The number of aromatic nitrogens is 2. The van der Waals surface area contributed by atoms with Crippen LogP contribution in [0.3, 0.4) is 0 Å². The molecule has 9 nitrogen and oxygen atoms in total. The molecular weight excluding hydrogens is 354 g/mol.